The molecule has 1 aliphatic rings. The molecule has 0 saturated carbocycles. The first-order chi connectivity index (χ1) is 8.34. The van der Waals surface area contributed by atoms with Crippen LogP contribution in [0.1, 0.15) is 5.69 Å². The second-order valence-electron chi connectivity index (χ2n) is 3.77. The van der Waals surface area contributed by atoms with Crippen LogP contribution in [-0.2, 0) is 0 Å². The fourth-order valence-electron chi connectivity index (χ4n) is 1.82. The van der Waals surface area contributed by atoms with Gasteiger partial charge in [0, 0.05) is 18.9 Å². The minimum Gasteiger partial charge on any atom is -0.494 e. The molecule has 4 N–H and O–H groups in total. The molecule has 0 bridgehead atoms. The van der Waals surface area contributed by atoms with Gasteiger partial charge in [0.25, 0.3) is 0 Å². The van der Waals surface area contributed by atoms with Crippen molar-refractivity contribution < 1.29 is 5.11 Å². The van der Waals surface area contributed by atoms with Crippen molar-refractivity contribution in [3.63, 3.8) is 0 Å². The van der Waals surface area contributed by atoms with Crippen LogP contribution < -0.4 is 5.32 Å². The Hall–Kier alpha value is -2.43. The maximum absolute atomic E-state index is 10.0. The van der Waals surface area contributed by atoms with Crippen LogP contribution in [0.2, 0.25) is 0 Å². The maximum Gasteiger partial charge on any atom is 0.198 e. The van der Waals surface area contributed by atoms with Crippen molar-refractivity contribution in [2.45, 2.75) is 0 Å². The Bertz CT molecular complexity index is 637. The van der Waals surface area contributed by atoms with Crippen LogP contribution in [0, 0.1) is 0 Å². The third-order valence-corrected chi connectivity index (χ3v) is 2.65. The maximum atomic E-state index is 10.0. The van der Waals surface area contributed by atoms with Gasteiger partial charge in [0.05, 0.1) is 16.6 Å². The molecule has 0 atom stereocenters. The topological polar surface area (TPSA) is 76.7 Å². The molecule has 1 aliphatic heterocycles. The summed E-state index contributed by atoms with van der Waals surface area (Å²) in [6, 6.07) is 3.60. The Morgan fingerprint density at radius 2 is 2.29 bits per heavy atom. The minimum atomic E-state index is 0.103. The molecule has 0 amide bonds. The van der Waals surface area contributed by atoms with E-state index in [1.807, 2.05) is 18.2 Å². The largest absolute Gasteiger partial charge is 0.494 e. The molecule has 17 heavy (non-hydrogen) atoms. The summed E-state index contributed by atoms with van der Waals surface area (Å²) in [7, 11) is 0. The summed E-state index contributed by atoms with van der Waals surface area (Å²) in [6.07, 6.45) is 7.36. The molecule has 3 heterocycles. The number of aromatic nitrogens is 3. The summed E-state index contributed by atoms with van der Waals surface area (Å²) < 4.78 is 0. The molecule has 5 nitrogen and oxygen atoms in total. The number of nitrogens with zero attached hydrogens (tertiary/aromatic N) is 1. The van der Waals surface area contributed by atoms with Crippen molar-refractivity contribution in [1.29, 1.82) is 0 Å². The van der Waals surface area contributed by atoms with Crippen molar-refractivity contribution in [2.75, 3.05) is 11.9 Å². The smallest absolute Gasteiger partial charge is 0.198 e. The number of pyridine rings is 1. The number of aromatic hydroxyl groups is 1. The lowest BCUT2D eigenvalue weighted by molar-refractivity contribution is 0.460. The standard InChI is InChI=1S/C12H12N4O/c17-12-8-3-1-5-13-10(8)7-15-11-9(16-12)4-2-6-14-11/h1-5,7,14-17H,6H2. The van der Waals surface area contributed by atoms with Crippen molar-refractivity contribution in [2.24, 2.45) is 0 Å². The zero-order valence-corrected chi connectivity index (χ0v) is 9.07. The lowest BCUT2D eigenvalue weighted by Crippen LogP contribution is -2.06. The van der Waals surface area contributed by atoms with Gasteiger partial charge in [-0.05, 0) is 18.2 Å². The van der Waals surface area contributed by atoms with Gasteiger partial charge in [-0.25, -0.2) is 0 Å². The van der Waals surface area contributed by atoms with E-state index >= 15 is 0 Å². The number of aromatic amines is 2. The molecule has 0 aliphatic carbocycles. The van der Waals surface area contributed by atoms with Crippen LogP contribution in [0.3, 0.4) is 0 Å². The normalized spacial score (nSPS) is 12.9. The SMILES string of the molecule is Oc1[nH]c2c([nH]cc3ncccc13)NCC=C2. The average molecular weight is 228 g/mol. The lowest BCUT2D eigenvalue weighted by Gasteiger charge is -2.11. The molecule has 0 fully saturated rings. The van der Waals surface area contributed by atoms with E-state index in [9.17, 15) is 5.11 Å². The third kappa shape index (κ3) is 1.71. The number of rotatable bonds is 0. The number of fused-ring (bicyclic) bond motifs is 2. The van der Waals surface area contributed by atoms with Crippen molar-refractivity contribution in [1.82, 2.24) is 15.0 Å². The molecule has 5 heteroatoms. The van der Waals surface area contributed by atoms with Gasteiger partial charge in [-0.15, -0.1) is 0 Å². The third-order valence-electron chi connectivity index (χ3n) is 2.65. The number of hydrogen-bond acceptors (Lipinski definition) is 3. The van der Waals surface area contributed by atoms with Gasteiger partial charge in [-0.2, -0.15) is 0 Å². The van der Waals surface area contributed by atoms with E-state index < -0.39 is 0 Å². The first-order valence-electron chi connectivity index (χ1n) is 5.37. The molecule has 86 valence electrons. The number of hydrogen-bond donors (Lipinski definition) is 4. The summed E-state index contributed by atoms with van der Waals surface area (Å²) in [5.74, 6) is 0.932. The molecule has 0 unspecified atom stereocenters. The van der Waals surface area contributed by atoms with Gasteiger partial charge in [-0.1, -0.05) is 6.08 Å². The van der Waals surface area contributed by atoms with Gasteiger partial charge in [0.2, 0.25) is 0 Å². The highest BCUT2D eigenvalue weighted by Gasteiger charge is 2.04. The minimum absolute atomic E-state index is 0.103. The van der Waals surface area contributed by atoms with Crippen molar-refractivity contribution in [3.8, 4) is 5.88 Å². The molecule has 0 radical (unpaired) electrons. The van der Waals surface area contributed by atoms with E-state index in [0.29, 0.717) is 10.9 Å². The van der Waals surface area contributed by atoms with E-state index in [1.165, 1.54) is 0 Å². The molecule has 3 rings (SSSR count). The van der Waals surface area contributed by atoms with E-state index in [2.05, 4.69) is 20.3 Å². The van der Waals surface area contributed by atoms with Gasteiger partial charge < -0.3 is 20.4 Å². The monoisotopic (exact) mass is 228 g/mol. The van der Waals surface area contributed by atoms with Gasteiger partial charge >= 0.3 is 0 Å². The highest BCUT2D eigenvalue weighted by atomic mass is 16.3. The number of H-pyrrole nitrogens is 2. The second kappa shape index (κ2) is 3.86. The quantitative estimate of drug-likeness (QED) is 0.558. The summed E-state index contributed by atoms with van der Waals surface area (Å²) in [6.45, 7) is 0.761. The molecular weight excluding hydrogens is 216 g/mol. The molecular formula is C12H12N4O. The summed E-state index contributed by atoms with van der Waals surface area (Å²) in [5.41, 5.74) is 1.50. The van der Waals surface area contributed by atoms with Crippen molar-refractivity contribution >= 4 is 22.8 Å². The summed E-state index contributed by atoms with van der Waals surface area (Å²) in [4.78, 5) is 10.3. The number of nitrogens with one attached hydrogen (secondary N) is 3. The molecule has 0 aromatic carbocycles. The van der Waals surface area contributed by atoms with Gasteiger partial charge in [0.1, 0.15) is 5.82 Å². The van der Waals surface area contributed by atoms with E-state index in [4.69, 9.17) is 0 Å². The van der Waals surface area contributed by atoms with E-state index in [1.54, 1.807) is 18.5 Å². The molecule has 2 aromatic heterocycles. The molecule has 2 aromatic rings. The molecule has 0 spiro atoms. The van der Waals surface area contributed by atoms with Crippen molar-refractivity contribution in [3.05, 3.63) is 36.3 Å². The second-order valence-corrected chi connectivity index (χ2v) is 3.77. The van der Waals surface area contributed by atoms with E-state index in [0.717, 1.165) is 18.1 Å². The Balaban J connectivity index is 2.39. The van der Waals surface area contributed by atoms with Crippen LogP contribution in [0.4, 0.5) is 5.82 Å². The predicted octanol–water partition coefficient (Wildman–Crippen LogP) is 2.16. The number of anilines is 1. The highest BCUT2D eigenvalue weighted by Crippen LogP contribution is 2.22. The summed E-state index contributed by atoms with van der Waals surface area (Å²) in [5, 5.41) is 13.9. The fraction of sp³-hybridized carbons (Fsp3) is 0.0833. The van der Waals surface area contributed by atoms with Crippen LogP contribution in [-0.4, -0.2) is 26.6 Å². The first-order valence-corrected chi connectivity index (χ1v) is 5.37. The Labute approximate surface area is 97.5 Å². The Morgan fingerprint density at radius 1 is 1.35 bits per heavy atom. The summed E-state index contributed by atoms with van der Waals surface area (Å²) >= 11 is 0. The van der Waals surface area contributed by atoms with Crippen LogP contribution in [0.15, 0.2) is 30.6 Å². The fourth-order valence-corrected chi connectivity index (χ4v) is 1.82. The van der Waals surface area contributed by atoms with Gasteiger partial charge in [0.15, 0.2) is 5.88 Å². The van der Waals surface area contributed by atoms with Gasteiger partial charge in [-0.3, -0.25) is 4.98 Å². The highest BCUT2D eigenvalue weighted by molar-refractivity contribution is 5.82. The Morgan fingerprint density at radius 3 is 3.24 bits per heavy atom. The van der Waals surface area contributed by atoms with E-state index in [-0.39, 0.29) is 5.88 Å². The first kappa shape index (κ1) is 9.77. The van der Waals surface area contributed by atoms with Crippen LogP contribution in [0.5, 0.6) is 5.88 Å². The lowest BCUT2D eigenvalue weighted by atomic mass is 10.2. The van der Waals surface area contributed by atoms with Crippen LogP contribution >= 0.6 is 0 Å². The predicted molar refractivity (Wildman–Crippen MR) is 67.3 cm³/mol. The zero-order valence-electron chi connectivity index (χ0n) is 9.07. The average Bonchev–Trinajstić information content (AvgIpc) is 2.36. The zero-order chi connectivity index (χ0) is 11.7. The van der Waals surface area contributed by atoms with Crippen LogP contribution in [0.25, 0.3) is 17.0 Å². The molecule has 0 saturated heterocycles. The Kier molecular flexibility index (Phi) is 2.22.